The fourth-order valence-electron chi connectivity index (χ4n) is 1.98. The van der Waals surface area contributed by atoms with Crippen molar-refractivity contribution in [3.63, 3.8) is 0 Å². The van der Waals surface area contributed by atoms with Gasteiger partial charge < -0.3 is 15.0 Å². The summed E-state index contributed by atoms with van der Waals surface area (Å²) in [6.07, 6.45) is 1.50. The summed E-state index contributed by atoms with van der Waals surface area (Å²) in [6.45, 7) is 8.19. The molecule has 6 nitrogen and oxygen atoms in total. The number of hydrogen-bond donors (Lipinski definition) is 1. The van der Waals surface area contributed by atoms with Crippen molar-refractivity contribution in [2.75, 3.05) is 30.4 Å². The molecule has 6 heteroatoms. The normalized spacial score (nSPS) is 10.5. The van der Waals surface area contributed by atoms with Gasteiger partial charge in [-0.3, -0.25) is 0 Å². The summed E-state index contributed by atoms with van der Waals surface area (Å²) >= 11 is 0. The first-order chi connectivity index (χ1) is 10.1. The first-order valence-electron chi connectivity index (χ1n) is 7.36. The molecule has 0 fully saturated rings. The van der Waals surface area contributed by atoms with Crippen LogP contribution < -0.4 is 10.2 Å². The van der Waals surface area contributed by atoms with Crippen LogP contribution in [0.3, 0.4) is 0 Å². The minimum Gasteiger partial charge on any atom is -0.377 e. The van der Waals surface area contributed by atoms with Crippen LogP contribution in [0.2, 0.25) is 0 Å². The molecule has 1 rings (SSSR count). The maximum Gasteiger partial charge on any atom is 0.158 e. The largest absolute Gasteiger partial charge is 0.377 e. The average Bonchev–Trinajstić information content (AvgIpc) is 2.45. The summed E-state index contributed by atoms with van der Waals surface area (Å²) in [4.78, 5) is 11.1. The predicted octanol–water partition coefficient (Wildman–Crippen LogP) is 2.57. The Labute approximate surface area is 127 Å². The standard InChI is InChI=1S/C15H25N5O/c1-5-8-17-13-10-15(19-14(18-13)11-21-4)20(12(2)3)9-6-7-16/h10,12H,5-6,8-9,11H2,1-4H3,(H,17,18,19). The molecule has 0 amide bonds. The Morgan fingerprint density at radius 1 is 1.43 bits per heavy atom. The summed E-state index contributed by atoms with van der Waals surface area (Å²) in [7, 11) is 1.63. The van der Waals surface area contributed by atoms with E-state index in [1.54, 1.807) is 7.11 Å². The maximum absolute atomic E-state index is 8.81. The van der Waals surface area contributed by atoms with E-state index in [-0.39, 0.29) is 6.04 Å². The van der Waals surface area contributed by atoms with E-state index in [9.17, 15) is 0 Å². The van der Waals surface area contributed by atoms with Crippen LogP contribution in [-0.2, 0) is 11.3 Å². The molecule has 0 spiro atoms. The van der Waals surface area contributed by atoms with E-state index >= 15 is 0 Å². The van der Waals surface area contributed by atoms with E-state index in [1.165, 1.54) is 0 Å². The van der Waals surface area contributed by atoms with Gasteiger partial charge >= 0.3 is 0 Å². The van der Waals surface area contributed by atoms with Gasteiger partial charge in [-0.05, 0) is 20.3 Å². The maximum atomic E-state index is 8.81. The van der Waals surface area contributed by atoms with Crippen LogP contribution in [0.5, 0.6) is 0 Å². The Kier molecular flexibility index (Phi) is 7.48. The molecule has 0 aliphatic heterocycles. The quantitative estimate of drug-likeness (QED) is 0.753. The lowest BCUT2D eigenvalue weighted by molar-refractivity contribution is 0.178. The van der Waals surface area contributed by atoms with Crippen molar-refractivity contribution in [3.8, 4) is 6.07 Å². The number of ether oxygens (including phenoxy) is 1. The SMILES string of the molecule is CCCNc1cc(N(CCC#N)C(C)C)nc(COC)n1. The van der Waals surface area contributed by atoms with Crippen LogP contribution >= 0.6 is 0 Å². The first-order valence-corrected chi connectivity index (χ1v) is 7.36. The Balaban J connectivity index is 3.05. The number of rotatable bonds is 9. The highest BCUT2D eigenvalue weighted by atomic mass is 16.5. The molecule has 0 unspecified atom stereocenters. The number of aromatic nitrogens is 2. The van der Waals surface area contributed by atoms with Gasteiger partial charge in [0.1, 0.15) is 18.2 Å². The summed E-state index contributed by atoms with van der Waals surface area (Å²) < 4.78 is 5.14. The van der Waals surface area contributed by atoms with E-state index in [1.807, 2.05) is 6.07 Å². The molecular formula is C15H25N5O. The van der Waals surface area contributed by atoms with Crippen LogP contribution in [0.15, 0.2) is 6.07 Å². The van der Waals surface area contributed by atoms with Gasteiger partial charge in [0.25, 0.3) is 0 Å². The van der Waals surface area contributed by atoms with Crippen molar-refractivity contribution >= 4 is 11.6 Å². The molecule has 21 heavy (non-hydrogen) atoms. The van der Waals surface area contributed by atoms with Crippen molar-refractivity contribution in [1.82, 2.24) is 9.97 Å². The van der Waals surface area contributed by atoms with Gasteiger partial charge in [-0.2, -0.15) is 5.26 Å². The Morgan fingerprint density at radius 3 is 2.76 bits per heavy atom. The Bertz CT molecular complexity index is 470. The zero-order chi connectivity index (χ0) is 15.7. The summed E-state index contributed by atoms with van der Waals surface area (Å²) in [5.41, 5.74) is 0. The molecule has 1 N–H and O–H groups in total. The number of nitriles is 1. The molecule has 0 saturated heterocycles. The highest BCUT2D eigenvalue weighted by Crippen LogP contribution is 2.19. The molecule has 1 heterocycles. The van der Waals surface area contributed by atoms with Gasteiger partial charge in [-0.15, -0.1) is 0 Å². The van der Waals surface area contributed by atoms with E-state index in [4.69, 9.17) is 10.00 Å². The van der Waals surface area contributed by atoms with Crippen LogP contribution in [0.4, 0.5) is 11.6 Å². The molecule has 0 bridgehead atoms. The average molecular weight is 291 g/mol. The van der Waals surface area contributed by atoms with Crippen molar-refractivity contribution in [3.05, 3.63) is 11.9 Å². The summed E-state index contributed by atoms with van der Waals surface area (Å²) in [5.74, 6) is 2.29. The lowest BCUT2D eigenvalue weighted by Crippen LogP contribution is -2.32. The lowest BCUT2D eigenvalue weighted by Gasteiger charge is -2.27. The second kappa shape index (κ2) is 9.14. The number of nitrogens with one attached hydrogen (secondary N) is 1. The van der Waals surface area contributed by atoms with Gasteiger partial charge in [-0.1, -0.05) is 6.92 Å². The Hall–Kier alpha value is -1.87. The molecule has 0 aliphatic carbocycles. The minimum atomic E-state index is 0.266. The second-order valence-electron chi connectivity index (χ2n) is 5.08. The minimum absolute atomic E-state index is 0.266. The van der Waals surface area contributed by atoms with Gasteiger partial charge in [-0.25, -0.2) is 9.97 Å². The van der Waals surface area contributed by atoms with Crippen molar-refractivity contribution < 1.29 is 4.74 Å². The Morgan fingerprint density at radius 2 is 2.19 bits per heavy atom. The molecule has 0 aromatic carbocycles. The first kappa shape index (κ1) is 17.2. The van der Waals surface area contributed by atoms with Crippen LogP contribution in [0, 0.1) is 11.3 Å². The zero-order valence-electron chi connectivity index (χ0n) is 13.4. The monoisotopic (exact) mass is 291 g/mol. The van der Waals surface area contributed by atoms with Gasteiger partial charge in [0.2, 0.25) is 0 Å². The molecule has 0 radical (unpaired) electrons. The highest BCUT2D eigenvalue weighted by molar-refractivity contribution is 5.50. The third-order valence-electron chi connectivity index (χ3n) is 2.97. The highest BCUT2D eigenvalue weighted by Gasteiger charge is 2.14. The van der Waals surface area contributed by atoms with E-state index in [0.717, 1.165) is 24.6 Å². The van der Waals surface area contributed by atoms with E-state index in [0.29, 0.717) is 25.4 Å². The number of methoxy groups -OCH3 is 1. The molecule has 116 valence electrons. The van der Waals surface area contributed by atoms with Crippen molar-refractivity contribution in [2.24, 2.45) is 0 Å². The van der Waals surface area contributed by atoms with Crippen molar-refractivity contribution in [2.45, 2.75) is 46.3 Å². The zero-order valence-corrected chi connectivity index (χ0v) is 13.4. The van der Waals surface area contributed by atoms with E-state index in [2.05, 4.69) is 47.0 Å². The molecule has 1 aromatic heterocycles. The van der Waals surface area contributed by atoms with Crippen LogP contribution in [-0.4, -0.2) is 36.2 Å². The number of hydrogen-bond acceptors (Lipinski definition) is 6. The number of nitrogens with zero attached hydrogens (tertiary/aromatic N) is 4. The third-order valence-corrected chi connectivity index (χ3v) is 2.97. The van der Waals surface area contributed by atoms with Crippen LogP contribution in [0.1, 0.15) is 39.4 Å². The number of anilines is 2. The predicted molar refractivity (Wildman–Crippen MR) is 84.2 cm³/mol. The second-order valence-corrected chi connectivity index (χ2v) is 5.08. The fraction of sp³-hybridized carbons (Fsp3) is 0.667. The fourth-order valence-corrected chi connectivity index (χ4v) is 1.98. The molecule has 0 atom stereocenters. The summed E-state index contributed by atoms with van der Waals surface area (Å²) in [5, 5.41) is 12.1. The van der Waals surface area contributed by atoms with Gasteiger partial charge in [0.15, 0.2) is 5.82 Å². The smallest absolute Gasteiger partial charge is 0.158 e. The van der Waals surface area contributed by atoms with E-state index < -0.39 is 0 Å². The molecular weight excluding hydrogens is 266 g/mol. The van der Waals surface area contributed by atoms with Crippen molar-refractivity contribution in [1.29, 1.82) is 5.26 Å². The molecule has 0 saturated carbocycles. The summed E-state index contributed by atoms with van der Waals surface area (Å²) in [6, 6.07) is 4.39. The topological polar surface area (TPSA) is 74.1 Å². The van der Waals surface area contributed by atoms with Gasteiger partial charge in [0.05, 0.1) is 12.5 Å². The van der Waals surface area contributed by atoms with Crippen LogP contribution in [0.25, 0.3) is 0 Å². The molecule has 0 aliphatic rings. The third kappa shape index (κ3) is 5.56. The van der Waals surface area contributed by atoms with Gasteiger partial charge in [0, 0.05) is 32.3 Å². The molecule has 1 aromatic rings. The lowest BCUT2D eigenvalue weighted by atomic mass is 10.2.